The average Bonchev–Trinajstić information content (AvgIpc) is 2.42. The SMILES string of the molecule is CCOCC(Nc1ccc(C#N)c(C(F)(F)F)c1)C(C)C. The first-order valence-electron chi connectivity index (χ1n) is 6.75. The number of ether oxygens (including phenoxy) is 1. The van der Waals surface area contributed by atoms with Crippen LogP contribution in [-0.4, -0.2) is 19.3 Å². The predicted octanol–water partition coefficient (Wildman–Crippen LogP) is 4.05. The lowest BCUT2D eigenvalue weighted by Crippen LogP contribution is -2.31. The minimum atomic E-state index is -4.55. The van der Waals surface area contributed by atoms with Gasteiger partial charge in [0.25, 0.3) is 0 Å². The van der Waals surface area contributed by atoms with Gasteiger partial charge in [0.15, 0.2) is 0 Å². The number of benzene rings is 1. The molecule has 6 heteroatoms. The molecule has 0 saturated heterocycles. The summed E-state index contributed by atoms with van der Waals surface area (Å²) in [6, 6.07) is 5.11. The van der Waals surface area contributed by atoms with Gasteiger partial charge in [-0.3, -0.25) is 0 Å². The Bertz CT molecular complexity index is 507. The summed E-state index contributed by atoms with van der Waals surface area (Å²) < 4.78 is 44.1. The smallest absolute Gasteiger partial charge is 0.380 e. The molecule has 0 aliphatic carbocycles. The molecule has 0 aromatic heterocycles. The second-order valence-corrected chi connectivity index (χ2v) is 5.02. The zero-order valence-electron chi connectivity index (χ0n) is 12.3. The van der Waals surface area contributed by atoms with Gasteiger partial charge in [-0.05, 0) is 31.0 Å². The van der Waals surface area contributed by atoms with Crippen molar-refractivity contribution in [2.45, 2.75) is 33.0 Å². The van der Waals surface area contributed by atoms with Crippen LogP contribution in [0.4, 0.5) is 18.9 Å². The molecular weight excluding hydrogens is 281 g/mol. The monoisotopic (exact) mass is 300 g/mol. The third-order valence-corrected chi connectivity index (χ3v) is 3.10. The lowest BCUT2D eigenvalue weighted by atomic mass is 10.0. The van der Waals surface area contributed by atoms with Crippen LogP contribution in [0, 0.1) is 17.2 Å². The van der Waals surface area contributed by atoms with E-state index < -0.39 is 11.7 Å². The van der Waals surface area contributed by atoms with Crippen LogP contribution >= 0.6 is 0 Å². The first-order valence-corrected chi connectivity index (χ1v) is 6.75. The zero-order valence-corrected chi connectivity index (χ0v) is 12.3. The van der Waals surface area contributed by atoms with E-state index in [0.717, 1.165) is 6.07 Å². The van der Waals surface area contributed by atoms with Crippen molar-refractivity contribution in [3.05, 3.63) is 29.3 Å². The van der Waals surface area contributed by atoms with Gasteiger partial charge in [0.2, 0.25) is 0 Å². The Morgan fingerprint density at radius 3 is 2.48 bits per heavy atom. The molecule has 3 nitrogen and oxygen atoms in total. The maximum atomic E-state index is 12.9. The summed E-state index contributed by atoms with van der Waals surface area (Å²) >= 11 is 0. The number of anilines is 1. The fourth-order valence-corrected chi connectivity index (χ4v) is 1.83. The number of hydrogen-bond acceptors (Lipinski definition) is 3. The minimum absolute atomic E-state index is 0.0982. The topological polar surface area (TPSA) is 45.0 Å². The molecule has 0 radical (unpaired) electrons. The van der Waals surface area contributed by atoms with Gasteiger partial charge < -0.3 is 10.1 Å². The third-order valence-electron chi connectivity index (χ3n) is 3.10. The number of rotatable bonds is 6. The highest BCUT2D eigenvalue weighted by molar-refractivity contribution is 5.53. The van der Waals surface area contributed by atoms with Crippen molar-refractivity contribution in [3.8, 4) is 6.07 Å². The summed E-state index contributed by atoms with van der Waals surface area (Å²) in [5, 5.41) is 11.8. The highest BCUT2D eigenvalue weighted by atomic mass is 19.4. The summed E-state index contributed by atoms with van der Waals surface area (Å²) in [7, 11) is 0. The summed E-state index contributed by atoms with van der Waals surface area (Å²) in [4.78, 5) is 0. The number of alkyl halides is 3. The first kappa shape index (κ1) is 17.3. The lowest BCUT2D eigenvalue weighted by molar-refractivity contribution is -0.137. The molecule has 1 unspecified atom stereocenters. The molecule has 0 aliphatic rings. The average molecular weight is 300 g/mol. The van der Waals surface area contributed by atoms with E-state index in [0.29, 0.717) is 18.9 Å². The van der Waals surface area contributed by atoms with Gasteiger partial charge >= 0.3 is 6.18 Å². The second kappa shape index (κ2) is 7.32. The highest BCUT2D eigenvalue weighted by Crippen LogP contribution is 2.33. The normalized spacial score (nSPS) is 13.0. The number of halogens is 3. The molecule has 1 aromatic carbocycles. The molecule has 0 bridgehead atoms. The zero-order chi connectivity index (χ0) is 16.0. The standard InChI is InChI=1S/C15H19F3N2O/c1-4-21-9-14(10(2)3)20-12-6-5-11(8-19)13(7-12)15(16,17)18/h5-7,10,14,20H,4,9H2,1-3H3. The molecule has 0 amide bonds. The lowest BCUT2D eigenvalue weighted by Gasteiger charge is -2.24. The Morgan fingerprint density at radius 2 is 2.00 bits per heavy atom. The molecule has 0 aliphatic heterocycles. The summed E-state index contributed by atoms with van der Waals surface area (Å²) in [6.45, 7) is 6.75. The van der Waals surface area contributed by atoms with Crippen molar-refractivity contribution >= 4 is 5.69 Å². The molecule has 0 saturated carbocycles. The summed E-state index contributed by atoms with van der Waals surface area (Å²) in [5.41, 5.74) is -0.965. The molecule has 1 atom stereocenters. The Balaban J connectivity index is 3.01. The second-order valence-electron chi connectivity index (χ2n) is 5.02. The van der Waals surface area contributed by atoms with Gasteiger partial charge in [-0.2, -0.15) is 18.4 Å². The highest BCUT2D eigenvalue weighted by Gasteiger charge is 2.34. The predicted molar refractivity (Wildman–Crippen MR) is 74.9 cm³/mol. The van der Waals surface area contributed by atoms with E-state index in [2.05, 4.69) is 5.32 Å². The van der Waals surface area contributed by atoms with Gasteiger partial charge in [0, 0.05) is 12.3 Å². The van der Waals surface area contributed by atoms with Crippen LogP contribution < -0.4 is 5.32 Å². The number of nitriles is 1. The maximum absolute atomic E-state index is 12.9. The molecule has 1 rings (SSSR count). The maximum Gasteiger partial charge on any atom is 0.417 e. The van der Waals surface area contributed by atoms with Gasteiger partial charge in [-0.1, -0.05) is 13.8 Å². The van der Waals surface area contributed by atoms with Crippen LogP contribution in [0.5, 0.6) is 0 Å². The fraction of sp³-hybridized carbons (Fsp3) is 0.533. The van der Waals surface area contributed by atoms with E-state index in [-0.39, 0.29) is 17.5 Å². The number of nitrogens with one attached hydrogen (secondary N) is 1. The minimum Gasteiger partial charge on any atom is -0.380 e. The van der Waals surface area contributed by atoms with E-state index in [9.17, 15) is 13.2 Å². The number of hydrogen-bond donors (Lipinski definition) is 1. The van der Waals surface area contributed by atoms with Crippen LogP contribution in [0.3, 0.4) is 0 Å². The van der Waals surface area contributed by atoms with E-state index in [1.165, 1.54) is 12.1 Å². The van der Waals surface area contributed by atoms with Gasteiger partial charge in [0.1, 0.15) is 0 Å². The van der Waals surface area contributed by atoms with Gasteiger partial charge in [-0.15, -0.1) is 0 Å². The molecule has 116 valence electrons. The van der Waals surface area contributed by atoms with Crippen LogP contribution in [0.15, 0.2) is 18.2 Å². The van der Waals surface area contributed by atoms with Gasteiger partial charge in [0.05, 0.1) is 29.8 Å². The molecule has 21 heavy (non-hydrogen) atoms. The molecule has 0 heterocycles. The molecular formula is C15H19F3N2O. The van der Waals surface area contributed by atoms with E-state index in [1.807, 2.05) is 20.8 Å². The van der Waals surface area contributed by atoms with Crippen molar-refractivity contribution in [1.29, 1.82) is 5.26 Å². The van der Waals surface area contributed by atoms with E-state index in [4.69, 9.17) is 10.00 Å². The molecule has 1 aromatic rings. The largest absolute Gasteiger partial charge is 0.417 e. The Morgan fingerprint density at radius 1 is 1.33 bits per heavy atom. The third kappa shape index (κ3) is 4.94. The van der Waals surface area contributed by atoms with Crippen LogP contribution in [0.2, 0.25) is 0 Å². The van der Waals surface area contributed by atoms with E-state index >= 15 is 0 Å². The van der Waals surface area contributed by atoms with Crippen molar-refractivity contribution in [3.63, 3.8) is 0 Å². The fourth-order valence-electron chi connectivity index (χ4n) is 1.83. The van der Waals surface area contributed by atoms with Crippen molar-refractivity contribution < 1.29 is 17.9 Å². The Labute approximate surface area is 122 Å². The van der Waals surface area contributed by atoms with Gasteiger partial charge in [-0.25, -0.2) is 0 Å². The summed E-state index contributed by atoms with van der Waals surface area (Å²) in [6.07, 6.45) is -4.55. The quantitative estimate of drug-likeness (QED) is 0.862. The molecule has 0 spiro atoms. The van der Waals surface area contributed by atoms with Crippen LogP contribution in [0.1, 0.15) is 31.9 Å². The molecule has 0 fully saturated rings. The van der Waals surface area contributed by atoms with Crippen molar-refractivity contribution in [2.75, 3.05) is 18.5 Å². The Hall–Kier alpha value is -1.74. The number of nitrogens with zero attached hydrogens (tertiary/aromatic N) is 1. The van der Waals surface area contributed by atoms with Crippen molar-refractivity contribution in [2.24, 2.45) is 5.92 Å². The van der Waals surface area contributed by atoms with E-state index in [1.54, 1.807) is 6.07 Å². The Kier molecular flexibility index (Phi) is 6.03. The van der Waals surface area contributed by atoms with Crippen LogP contribution in [0.25, 0.3) is 0 Å². The first-order chi connectivity index (χ1) is 9.79. The van der Waals surface area contributed by atoms with Crippen molar-refractivity contribution in [1.82, 2.24) is 0 Å². The molecule has 1 N–H and O–H groups in total. The van der Waals surface area contributed by atoms with Crippen LogP contribution in [-0.2, 0) is 10.9 Å². The summed E-state index contributed by atoms with van der Waals surface area (Å²) in [5.74, 6) is 0.196.